The molecule has 4 aliphatic rings. The van der Waals surface area contributed by atoms with Crippen LogP contribution < -0.4 is 0 Å². The average molecular weight is 388 g/mol. The molecule has 5 nitrogen and oxygen atoms in total. The van der Waals surface area contributed by atoms with Crippen molar-refractivity contribution in [1.29, 1.82) is 5.26 Å². The molecule has 0 aromatic carbocycles. The fourth-order valence-corrected chi connectivity index (χ4v) is 7.95. The molecule has 0 heterocycles. The fraction of sp³-hybridized carbons (Fsp3) is 0.826. The zero-order chi connectivity index (χ0) is 20.5. The summed E-state index contributed by atoms with van der Waals surface area (Å²) in [6.45, 7) is 8.55. The minimum atomic E-state index is -1.17. The van der Waals surface area contributed by atoms with Crippen molar-refractivity contribution in [3.8, 4) is 6.07 Å². The minimum Gasteiger partial charge on any atom is -0.481 e. The van der Waals surface area contributed by atoms with Gasteiger partial charge in [-0.3, -0.25) is 4.79 Å². The third-order valence-electron chi connectivity index (χ3n) is 8.76. The number of hydrogen-bond donors (Lipinski definition) is 2. The summed E-state index contributed by atoms with van der Waals surface area (Å²) in [4.78, 5) is 13.1. The van der Waals surface area contributed by atoms with Gasteiger partial charge >= 0.3 is 5.97 Å². The second-order valence-electron chi connectivity index (χ2n) is 10.3. The highest BCUT2D eigenvalue weighted by Crippen LogP contribution is 2.83. The van der Waals surface area contributed by atoms with Crippen molar-refractivity contribution >= 4 is 5.97 Å². The molecule has 0 amide bonds. The van der Waals surface area contributed by atoms with Crippen molar-refractivity contribution < 1.29 is 19.7 Å². The summed E-state index contributed by atoms with van der Waals surface area (Å²) in [5.74, 6) is 0.355. The molecule has 3 fully saturated rings. The highest BCUT2D eigenvalue weighted by atomic mass is 16.5. The summed E-state index contributed by atoms with van der Waals surface area (Å²) in [5, 5.41) is 31.0. The number of aliphatic hydroxyl groups excluding tert-OH is 1. The Hall–Kier alpha value is -1.38. The van der Waals surface area contributed by atoms with Gasteiger partial charge in [0.15, 0.2) is 0 Å². The first-order valence-electron chi connectivity index (χ1n) is 10.8. The van der Waals surface area contributed by atoms with Gasteiger partial charge in [0, 0.05) is 5.41 Å². The molecule has 4 rings (SSSR count). The van der Waals surface area contributed by atoms with Gasteiger partial charge in [0.05, 0.1) is 30.8 Å². The summed E-state index contributed by atoms with van der Waals surface area (Å²) in [6.07, 6.45) is 5.08. The first-order valence-corrected chi connectivity index (χ1v) is 10.8. The molecule has 0 saturated heterocycles. The number of aliphatic hydroxyl groups is 1. The Kier molecular flexibility index (Phi) is 4.49. The van der Waals surface area contributed by atoms with Crippen LogP contribution in [0.3, 0.4) is 0 Å². The number of allylic oxidation sites excluding steroid dienone is 1. The molecule has 0 unspecified atom stereocenters. The van der Waals surface area contributed by atoms with E-state index in [1.165, 1.54) is 0 Å². The zero-order valence-corrected chi connectivity index (χ0v) is 17.4. The number of ether oxygens (including phenoxy) is 1. The number of carbonyl (C=O) groups is 1. The first kappa shape index (κ1) is 19.9. The van der Waals surface area contributed by atoms with E-state index in [1.807, 2.05) is 0 Å². The maximum Gasteiger partial charge on any atom is 0.316 e. The SMILES string of the molecule is CC(C)C1=C[C@H]2C[C@]3(C#N)[C@@H]4CC[C@@H](C)[C@H]4C[C@@]2(COC[C@H](C)O)[C@]13C(=O)O. The van der Waals surface area contributed by atoms with Crippen LogP contribution in [0.2, 0.25) is 0 Å². The lowest BCUT2D eigenvalue weighted by molar-refractivity contribution is -0.180. The Labute approximate surface area is 167 Å². The molecule has 8 atom stereocenters. The quantitative estimate of drug-likeness (QED) is 0.679. The molecular formula is C23H33NO4. The molecule has 0 aromatic rings. The van der Waals surface area contributed by atoms with Gasteiger partial charge in [0.1, 0.15) is 5.41 Å². The summed E-state index contributed by atoms with van der Waals surface area (Å²) in [5.41, 5.74) is -1.66. The van der Waals surface area contributed by atoms with Crippen LogP contribution in [0.5, 0.6) is 0 Å². The second kappa shape index (κ2) is 6.31. The molecule has 0 spiro atoms. The molecule has 3 saturated carbocycles. The molecule has 5 heteroatoms. The molecule has 28 heavy (non-hydrogen) atoms. The van der Waals surface area contributed by atoms with Crippen LogP contribution in [-0.2, 0) is 9.53 Å². The number of hydrogen-bond acceptors (Lipinski definition) is 4. The van der Waals surface area contributed by atoms with E-state index in [1.54, 1.807) is 6.92 Å². The predicted molar refractivity (Wildman–Crippen MR) is 104 cm³/mol. The van der Waals surface area contributed by atoms with Gasteiger partial charge in [-0.05, 0) is 55.8 Å². The van der Waals surface area contributed by atoms with E-state index in [9.17, 15) is 20.3 Å². The van der Waals surface area contributed by atoms with Gasteiger partial charge in [-0.15, -0.1) is 0 Å². The summed E-state index contributed by atoms with van der Waals surface area (Å²) < 4.78 is 5.96. The molecule has 2 N–H and O–H groups in total. The van der Waals surface area contributed by atoms with Crippen LogP contribution in [-0.4, -0.2) is 35.5 Å². The Morgan fingerprint density at radius 2 is 2.07 bits per heavy atom. The van der Waals surface area contributed by atoms with Crippen molar-refractivity contribution in [2.75, 3.05) is 13.2 Å². The molecule has 0 radical (unpaired) electrons. The van der Waals surface area contributed by atoms with E-state index < -0.39 is 28.3 Å². The van der Waals surface area contributed by atoms with Gasteiger partial charge in [-0.25, -0.2) is 0 Å². The van der Waals surface area contributed by atoms with Crippen molar-refractivity contribution in [2.45, 2.75) is 59.5 Å². The van der Waals surface area contributed by atoms with E-state index in [-0.39, 0.29) is 24.4 Å². The number of carboxylic acid groups (broad SMARTS) is 1. The molecule has 4 bridgehead atoms. The second-order valence-corrected chi connectivity index (χ2v) is 10.3. The number of fused-ring (bicyclic) bond motifs is 2. The monoisotopic (exact) mass is 387 g/mol. The summed E-state index contributed by atoms with van der Waals surface area (Å²) in [6, 6.07) is 2.64. The smallest absolute Gasteiger partial charge is 0.316 e. The van der Waals surface area contributed by atoms with Crippen LogP contribution in [0.1, 0.15) is 53.4 Å². The molecule has 0 aromatic heterocycles. The topological polar surface area (TPSA) is 90.5 Å². The Morgan fingerprint density at radius 3 is 2.64 bits per heavy atom. The fourth-order valence-electron chi connectivity index (χ4n) is 7.95. The Morgan fingerprint density at radius 1 is 1.36 bits per heavy atom. The number of carboxylic acids is 1. The Balaban J connectivity index is 1.91. The van der Waals surface area contributed by atoms with E-state index in [2.05, 4.69) is 32.9 Å². The number of aliphatic carboxylic acids is 1. The van der Waals surface area contributed by atoms with Crippen LogP contribution in [0, 0.1) is 57.2 Å². The number of nitrogens with zero attached hydrogens (tertiary/aromatic N) is 1. The summed E-state index contributed by atoms with van der Waals surface area (Å²) in [7, 11) is 0. The van der Waals surface area contributed by atoms with Crippen LogP contribution in [0.4, 0.5) is 0 Å². The molecular weight excluding hydrogens is 354 g/mol. The van der Waals surface area contributed by atoms with Gasteiger partial charge < -0.3 is 14.9 Å². The standard InChI is InChI=1S/C23H33NO4/c1-13(2)19-7-16-8-21(11-24)18-6-5-14(3)17(18)9-22(16,12-28-10-15(4)25)23(19,21)20(26)27/h7,13-18,25H,5-6,8-10,12H2,1-4H3,(H,26,27)/t14-,15+,16+,17-,18-,21+,22+,23+/m1/s1. The zero-order valence-electron chi connectivity index (χ0n) is 17.4. The maximum atomic E-state index is 13.1. The van der Waals surface area contributed by atoms with Gasteiger partial charge in [0.25, 0.3) is 0 Å². The maximum absolute atomic E-state index is 13.1. The van der Waals surface area contributed by atoms with E-state index in [0.717, 1.165) is 24.8 Å². The normalized spacial score (nSPS) is 47.0. The van der Waals surface area contributed by atoms with Crippen molar-refractivity contribution in [3.63, 3.8) is 0 Å². The number of rotatable bonds is 6. The van der Waals surface area contributed by atoms with E-state index >= 15 is 0 Å². The van der Waals surface area contributed by atoms with Crippen LogP contribution >= 0.6 is 0 Å². The number of nitriles is 1. The minimum absolute atomic E-state index is 0.0625. The average Bonchev–Trinajstić information content (AvgIpc) is 3.18. The summed E-state index contributed by atoms with van der Waals surface area (Å²) >= 11 is 0. The highest BCUT2D eigenvalue weighted by Gasteiger charge is 2.84. The lowest BCUT2D eigenvalue weighted by Gasteiger charge is -2.57. The van der Waals surface area contributed by atoms with E-state index in [0.29, 0.717) is 24.9 Å². The largest absolute Gasteiger partial charge is 0.481 e. The molecule has 154 valence electrons. The third kappa shape index (κ3) is 2.06. The van der Waals surface area contributed by atoms with E-state index in [4.69, 9.17) is 4.74 Å². The third-order valence-corrected chi connectivity index (χ3v) is 8.76. The van der Waals surface area contributed by atoms with Gasteiger partial charge in [0.2, 0.25) is 0 Å². The van der Waals surface area contributed by atoms with Gasteiger partial charge in [-0.2, -0.15) is 5.26 Å². The lowest BCUT2D eigenvalue weighted by Crippen LogP contribution is -2.62. The lowest BCUT2D eigenvalue weighted by atomic mass is 9.43. The Bertz CT molecular complexity index is 752. The van der Waals surface area contributed by atoms with Crippen LogP contribution in [0.25, 0.3) is 0 Å². The predicted octanol–water partition coefficient (Wildman–Crippen LogP) is 3.63. The van der Waals surface area contributed by atoms with Crippen molar-refractivity contribution in [1.82, 2.24) is 0 Å². The van der Waals surface area contributed by atoms with Crippen molar-refractivity contribution in [3.05, 3.63) is 11.6 Å². The van der Waals surface area contributed by atoms with Gasteiger partial charge in [-0.1, -0.05) is 38.8 Å². The van der Waals surface area contributed by atoms with Crippen LogP contribution in [0.15, 0.2) is 11.6 Å². The first-order chi connectivity index (χ1) is 13.2. The highest BCUT2D eigenvalue weighted by molar-refractivity contribution is 5.85. The molecule has 0 aliphatic heterocycles. The molecule has 4 aliphatic carbocycles. The van der Waals surface area contributed by atoms with Crippen molar-refractivity contribution in [2.24, 2.45) is 45.8 Å².